The number of nitrogens with zero attached hydrogens (tertiary/aromatic N) is 2. The molecule has 2 N–H and O–H groups in total. The Morgan fingerprint density at radius 1 is 1.05 bits per heavy atom. The molecule has 198 valence electrons. The molecule has 0 bridgehead atoms. The van der Waals surface area contributed by atoms with Crippen LogP contribution >= 0.6 is 15.9 Å². The van der Waals surface area contributed by atoms with Gasteiger partial charge in [-0.1, -0.05) is 33.6 Å². The van der Waals surface area contributed by atoms with Gasteiger partial charge in [0.25, 0.3) is 0 Å². The summed E-state index contributed by atoms with van der Waals surface area (Å²) in [5, 5.41) is 10.4. The first kappa shape index (κ1) is 26.6. The van der Waals surface area contributed by atoms with E-state index in [0.29, 0.717) is 36.4 Å². The third-order valence-corrected chi connectivity index (χ3v) is 7.99. The number of halogens is 1. The minimum atomic E-state index is -0.529. The fourth-order valence-corrected chi connectivity index (χ4v) is 5.79. The summed E-state index contributed by atoms with van der Waals surface area (Å²) >= 11 is 3.45. The van der Waals surface area contributed by atoms with Crippen molar-refractivity contribution >= 4 is 27.4 Å². The Morgan fingerprint density at radius 2 is 1.74 bits per heavy atom. The Balaban J connectivity index is 1.61. The van der Waals surface area contributed by atoms with Gasteiger partial charge in [0.1, 0.15) is 23.9 Å². The Hall–Kier alpha value is -4.02. The van der Waals surface area contributed by atoms with E-state index in [0.717, 1.165) is 56.0 Å². The second-order valence-electron chi connectivity index (χ2n) is 9.90. The fraction of sp³-hybridized carbons (Fsp3) is 0.250. The fourth-order valence-electron chi connectivity index (χ4n) is 5.53. The van der Waals surface area contributed by atoms with Gasteiger partial charge in [0.2, 0.25) is 0 Å². The van der Waals surface area contributed by atoms with E-state index in [1.807, 2.05) is 67.3 Å². The Morgan fingerprint density at radius 3 is 2.41 bits per heavy atom. The van der Waals surface area contributed by atoms with Gasteiger partial charge in [-0.05, 0) is 91.9 Å². The monoisotopic (exact) mass is 583 g/mol. The number of allylic oxidation sites excluding steroid dienone is 3. The maximum atomic E-state index is 13.6. The largest absolute Gasteiger partial charge is 0.497 e. The van der Waals surface area contributed by atoms with Crippen molar-refractivity contribution in [2.75, 3.05) is 12.0 Å². The summed E-state index contributed by atoms with van der Waals surface area (Å²) < 4.78 is 12.4. The van der Waals surface area contributed by atoms with Crippen LogP contribution < -0.4 is 20.1 Å². The molecule has 1 heterocycles. The van der Waals surface area contributed by atoms with Crippen LogP contribution in [-0.2, 0) is 11.4 Å². The van der Waals surface area contributed by atoms with Gasteiger partial charge in [-0.3, -0.25) is 9.69 Å². The number of nitriles is 1. The first-order valence-electron chi connectivity index (χ1n) is 12.9. The quantitative estimate of drug-likeness (QED) is 0.337. The van der Waals surface area contributed by atoms with E-state index in [9.17, 15) is 10.1 Å². The van der Waals surface area contributed by atoms with E-state index in [2.05, 4.69) is 34.1 Å². The molecule has 39 heavy (non-hydrogen) atoms. The minimum Gasteiger partial charge on any atom is -0.497 e. The number of carbonyl (C=O) groups excluding carboxylic acids is 1. The van der Waals surface area contributed by atoms with Crippen molar-refractivity contribution in [3.8, 4) is 17.6 Å². The summed E-state index contributed by atoms with van der Waals surface area (Å²) in [7, 11) is 1.62. The molecule has 1 unspecified atom stereocenters. The van der Waals surface area contributed by atoms with E-state index in [4.69, 9.17) is 15.2 Å². The van der Waals surface area contributed by atoms with Gasteiger partial charge in [0, 0.05) is 27.9 Å². The number of ether oxygens (including phenoxy) is 2. The summed E-state index contributed by atoms with van der Waals surface area (Å²) in [5.41, 5.74) is 13.4. The number of ketones is 1. The minimum absolute atomic E-state index is 0.0635. The molecule has 0 radical (unpaired) electrons. The molecule has 0 saturated carbocycles. The Labute approximate surface area is 237 Å². The van der Waals surface area contributed by atoms with Gasteiger partial charge in [0.15, 0.2) is 5.78 Å². The first-order valence-corrected chi connectivity index (χ1v) is 13.7. The highest BCUT2D eigenvalue weighted by Gasteiger charge is 2.41. The molecule has 0 aromatic heterocycles. The van der Waals surface area contributed by atoms with E-state index in [1.165, 1.54) is 0 Å². The molecule has 2 aliphatic rings. The van der Waals surface area contributed by atoms with Crippen LogP contribution in [0.2, 0.25) is 0 Å². The third kappa shape index (κ3) is 5.05. The van der Waals surface area contributed by atoms with Crippen LogP contribution in [0.4, 0.5) is 5.69 Å². The van der Waals surface area contributed by atoms with E-state index in [-0.39, 0.29) is 5.78 Å². The summed E-state index contributed by atoms with van der Waals surface area (Å²) in [6, 6.07) is 21.8. The Bertz CT molecular complexity index is 1530. The molecule has 1 aliphatic carbocycles. The zero-order valence-corrected chi connectivity index (χ0v) is 23.8. The van der Waals surface area contributed by atoms with Gasteiger partial charge in [0.05, 0.1) is 24.7 Å². The highest BCUT2D eigenvalue weighted by Crippen LogP contribution is 2.47. The molecule has 0 saturated heterocycles. The summed E-state index contributed by atoms with van der Waals surface area (Å²) in [6.07, 6.45) is 1.90. The highest BCUT2D eigenvalue weighted by atomic mass is 79.9. The number of carbonyl (C=O) groups is 1. The van der Waals surface area contributed by atoms with E-state index < -0.39 is 5.92 Å². The number of methoxy groups -OCH3 is 1. The van der Waals surface area contributed by atoms with Crippen LogP contribution in [0.5, 0.6) is 11.5 Å². The lowest BCUT2D eigenvalue weighted by Crippen LogP contribution is -2.39. The number of benzene rings is 3. The number of nitrogens with two attached hydrogens (primary N) is 1. The number of anilines is 1. The Kier molecular flexibility index (Phi) is 7.49. The topological polar surface area (TPSA) is 88.6 Å². The van der Waals surface area contributed by atoms with Crippen molar-refractivity contribution < 1.29 is 14.3 Å². The number of Topliss-reactive ketones (excluding diaryl/α,β-unsaturated/α-hetero) is 1. The summed E-state index contributed by atoms with van der Waals surface area (Å²) in [6.45, 7) is 4.42. The molecule has 7 heteroatoms. The maximum Gasteiger partial charge on any atom is 0.161 e. The molecular formula is C32H30BrN3O3. The van der Waals surface area contributed by atoms with Gasteiger partial charge in [-0.15, -0.1) is 0 Å². The average molecular weight is 585 g/mol. The smallest absolute Gasteiger partial charge is 0.161 e. The molecule has 6 nitrogen and oxygen atoms in total. The van der Waals surface area contributed by atoms with Gasteiger partial charge in [-0.25, -0.2) is 0 Å². The highest BCUT2D eigenvalue weighted by molar-refractivity contribution is 9.10. The van der Waals surface area contributed by atoms with Crippen molar-refractivity contribution in [2.24, 2.45) is 5.73 Å². The first-order chi connectivity index (χ1) is 18.8. The number of hydrogen-bond donors (Lipinski definition) is 1. The molecule has 0 spiro atoms. The van der Waals surface area contributed by atoms with E-state index >= 15 is 0 Å². The zero-order chi connectivity index (χ0) is 27.7. The van der Waals surface area contributed by atoms with Crippen LogP contribution in [0, 0.1) is 25.2 Å². The third-order valence-electron chi connectivity index (χ3n) is 7.46. The van der Waals surface area contributed by atoms with Gasteiger partial charge < -0.3 is 15.2 Å². The molecule has 5 rings (SSSR count). The number of hydrogen-bond acceptors (Lipinski definition) is 6. The van der Waals surface area contributed by atoms with Crippen molar-refractivity contribution in [2.45, 2.75) is 45.6 Å². The standard InChI is InChI=1S/C32H30BrN3O3/c1-19-15-21(18-39-25-11-7-22(33)8-12-25)20(2)26(16-19)30-27(17-34)32(35)36(23-9-13-24(38-3)14-10-23)28-5-4-6-29(37)31(28)30/h7-16,30H,4-6,18,35H2,1-3H3. The molecule has 1 aliphatic heterocycles. The molecule has 3 aromatic carbocycles. The molecule has 0 amide bonds. The molecule has 3 aromatic rings. The van der Waals surface area contributed by atoms with Crippen LogP contribution in [0.15, 0.2) is 87.8 Å². The lowest BCUT2D eigenvalue weighted by atomic mass is 9.73. The van der Waals surface area contributed by atoms with Crippen molar-refractivity contribution in [1.82, 2.24) is 0 Å². The second kappa shape index (κ2) is 11.0. The van der Waals surface area contributed by atoms with Crippen LogP contribution in [-0.4, -0.2) is 12.9 Å². The number of rotatable bonds is 6. The summed E-state index contributed by atoms with van der Waals surface area (Å²) in [4.78, 5) is 15.4. The second-order valence-corrected chi connectivity index (χ2v) is 10.8. The van der Waals surface area contributed by atoms with E-state index in [1.54, 1.807) is 7.11 Å². The normalized spacial score (nSPS) is 17.2. The van der Waals surface area contributed by atoms with Gasteiger partial charge >= 0.3 is 0 Å². The average Bonchev–Trinajstić information content (AvgIpc) is 2.94. The molecule has 1 atom stereocenters. The van der Waals surface area contributed by atoms with Crippen LogP contribution in [0.25, 0.3) is 0 Å². The lowest BCUT2D eigenvalue weighted by Gasteiger charge is -2.40. The summed E-state index contributed by atoms with van der Waals surface area (Å²) in [5.74, 6) is 1.38. The van der Waals surface area contributed by atoms with Crippen LogP contribution in [0.3, 0.4) is 0 Å². The predicted octanol–water partition coefficient (Wildman–Crippen LogP) is 6.96. The van der Waals surface area contributed by atoms with Crippen LogP contribution in [0.1, 0.15) is 47.4 Å². The van der Waals surface area contributed by atoms with Gasteiger partial charge in [-0.2, -0.15) is 5.26 Å². The molecule has 0 fully saturated rings. The van der Waals surface area contributed by atoms with Crippen molar-refractivity contribution in [3.05, 3.63) is 110 Å². The zero-order valence-electron chi connectivity index (χ0n) is 22.3. The van der Waals surface area contributed by atoms with Crippen molar-refractivity contribution in [1.29, 1.82) is 5.26 Å². The lowest BCUT2D eigenvalue weighted by molar-refractivity contribution is -0.116. The number of aryl methyl sites for hydroxylation is 1. The SMILES string of the molecule is COc1ccc(N2C(N)=C(C#N)C(c3cc(C)cc(COc4ccc(Br)cc4)c3C)C3=C2CCCC3=O)cc1. The van der Waals surface area contributed by atoms with Crippen molar-refractivity contribution in [3.63, 3.8) is 0 Å². The molecular weight excluding hydrogens is 554 g/mol. The predicted molar refractivity (Wildman–Crippen MR) is 155 cm³/mol. The maximum absolute atomic E-state index is 13.6.